The average Bonchev–Trinajstić information content (AvgIpc) is 2.89. The predicted octanol–water partition coefficient (Wildman–Crippen LogP) is 1.46. The fraction of sp³-hybridized carbons (Fsp3) is 0.786. The van der Waals surface area contributed by atoms with Crippen LogP contribution in [0.25, 0.3) is 0 Å². The molecule has 0 aromatic rings. The molecule has 3 amide bonds. The molecule has 2 aliphatic heterocycles. The number of nitrogens with zero attached hydrogens (tertiary/aromatic N) is 1. The molecule has 124 valence electrons. The zero-order valence-corrected chi connectivity index (χ0v) is 12.5. The Balaban J connectivity index is 1.80. The van der Waals surface area contributed by atoms with Gasteiger partial charge in [0, 0.05) is 6.42 Å². The summed E-state index contributed by atoms with van der Waals surface area (Å²) in [5.74, 6) is -1.49. The highest BCUT2D eigenvalue weighted by Gasteiger charge is 2.51. The Hall–Kier alpha value is -1.70. The van der Waals surface area contributed by atoms with Crippen LogP contribution in [0.4, 0.5) is 9.18 Å². The lowest BCUT2D eigenvalue weighted by molar-refractivity contribution is -0.155. The number of carbonyl (C=O) groups excluding carboxylic acids is 3. The zero-order valence-electron chi connectivity index (χ0n) is 12.5. The van der Waals surface area contributed by atoms with Crippen LogP contribution >= 0.6 is 0 Å². The first-order valence-electron chi connectivity index (χ1n) is 7.63. The SMILES string of the molecule is CCCCCCCC(=O)OC1COC2C(F)C(=O)NC(=O)N12. The van der Waals surface area contributed by atoms with Crippen molar-refractivity contribution in [3.8, 4) is 0 Å². The summed E-state index contributed by atoms with van der Waals surface area (Å²) < 4.78 is 23.9. The van der Waals surface area contributed by atoms with Crippen LogP contribution in [-0.2, 0) is 19.1 Å². The first-order chi connectivity index (χ1) is 10.5. The second kappa shape index (κ2) is 7.53. The number of hydrogen-bond acceptors (Lipinski definition) is 5. The summed E-state index contributed by atoms with van der Waals surface area (Å²) in [6, 6.07) is -0.804. The van der Waals surface area contributed by atoms with E-state index in [0.717, 1.165) is 30.6 Å². The Morgan fingerprint density at radius 2 is 2.09 bits per heavy atom. The summed E-state index contributed by atoms with van der Waals surface area (Å²) in [5.41, 5.74) is 0. The van der Waals surface area contributed by atoms with Crippen LogP contribution in [0, 0.1) is 0 Å². The number of carbonyl (C=O) groups is 3. The van der Waals surface area contributed by atoms with Gasteiger partial charge in [-0.1, -0.05) is 32.6 Å². The molecule has 2 saturated heterocycles. The van der Waals surface area contributed by atoms with Crippen molar-refractivity contribution in [1.82, 2.24) is 10.2 Å². The number of urea groups is 1. The molecule has 22 heavy (non-hydrogen) atoms. The third-order valence-corrected chi connectivity index (χ3v) is 3.71. The van der Waals surface area contributed by atoms with E-state index in [9.17, 15) is 18.8 Å². The largest absolute Gasteiger partial charge is 0.439 e. The van der Waals surface area contributed by atoms with Crippen LogP contribution in [-0.4, -0.2) is 48.0 Å². The second-order valence-electron chi connectivity index (χ2n) is 5.44. The Morgan fingerprint density at radius 3 is 2.82 bits per heavy atom. The highest BCUT2D eigenvalue weighted by molar-refractivity contribution is 5.99. The molecule has 3 unspecified atom stereocenters. The van der Waals surface area contributed by atoms with Crippen molar-refractivity contribution in [3.05, 3.63) is 0 Å². The third-order valence-electron chi connectivity index (χ3n) is 3.71. The fourth-order valence-corrected chi connectivity index (χ4v) is 2.52. The van der Waals surface area contributed by atoms with E-state index in [2.05, 4.69) is 6.92 Å². The molecule has 2 fully saturated rings. The summed E-state index contributed by atoms with van der Waals surface area (Å²) in [6.07, 6.45) is 0.950. The normalized spacial score (nSPS) is 27.5. The van der Waals surface area contributed by atoms with Crippen molar-refractivity contribution in [3.63, 3.8) is 0 Å². The third kappa shape index (κ3) is 3.73. The number of imide groups is 1. The molecule has 2 rings (SSSR count). The van der Waals surface area contributed by atoms with E-state index in [0.29, 0.717) is 6.42 Å². The maximum Gasteiger partial charge on any atom is 0.329 e. The molecule has 1 N–H and O–H groups in total. The molecule has 0 aromatic carbocycles. The molecule has 2 aliphatic rings. The standard InChI is InChI=1S/C14H21FN2O5/c1-2-3-4-5-6-7-10(18)22-9-8-21-13-11(15)12(19)16-14(20)17(9)13/h9,11,13H,2-8H2,1H3,(H,16,19,20). The minimum Gasteiger partial charge on any atom is -0.439 e. The Kier molecular flexibility index (Phi) is 5.70. The van der Waals surface area contributed by atoms with Crippen molar-refractivity contribution in [2.45, 2.75) is 64.1 Å². The smallest absolute Gasteiger partial charge is 0.329 e. The van der Waals surface area contributed by atoms with E-state index in [1.54, 1.807) is 0 Å². The minimum absolute atomic E-state index is 0.132. The molecule has 8 heteroatoms. The molecule has 0 aliphatic carbocycles. The van der Waals surface area contributed by atoms with Gasteiger partial charge in [-0.05, 0) is 6.42 Å². The number of alkyl halides is 1. The monoisotopic (exact) mass is 316 g/mol. The molecule has 2 heterocycles. The molecule has 0 radical (unpaired) electrons. The maximum atomic E-state index is 13.7. The molecule has 3 atom stereocenters. The van der Waals surface area contributed by atoms with Gasteiger partial charge >= 0.3 is 12.0 Å². The number of amides is 3. The van der Waals surface area contributed by atoms with E-state index in [1.165, 1.54) is 0 Å². The Bertz CT molecular complexity index is 445. The molecule has 0 saturated carbocycles. The number of rotatable bonds is 7. The maximum absolute atomic E-state index is 13.7. The number of hydrogen-bond donors (Lipinski definition) is 1. The van der Waals surface area contributed by atoms with Gasteiger partial charge in [0.25, 0.3) is 5.91 Å². The van der Waals surface area contributed by atoms with Crippen LogP contribution in [0.2, 0.25) is 0 Å². The number of unbranched alkanes of at least 4 members (excludes halogenated alkanes) is 4. The summed E-state index contributed by atoms with van der Waals surface area (Å²) in [6.45, 7) is 1.98. The number of ether oxygens (including phenoxy) is 2. The van der Waals surface area contributed by atoms with E-state index in [4.69, 9.17) is 9.47 Å². The van der Waals surface area contributed by atoms with Gasteiger partial charge in [0.15, 0.2) is 6.23 Å². The van der Waals surface area contributed by atoms with Gasteiger partial charge in [0.2, 0.25) is 12.4 Å². The van der Waals surface area contributed by atoms with Crippen molar-refractivity contribution in [1.29, 1.82) is 0 Å². The molecule has 0 bridgehead atoms. The van der Waals surface area contributed by atoms with Crippen LogP contribution in [0.15, 0.2) is 0 Å². The fourth-order valence-electron chi connectivity index (χ4n) is 2.52. The molecule has 7 nitrogen and oxygen atoms in total. The lowest BCUT2D eigenvalue weighted by Gasteiger charge is -2.32. The highest BCUT2D eigenvalue weighted by atomic mass is 19.1. The van der Waals surface area contributed by atoms with Gasteiger partial charge in [0.05, 0.1) is 0 Å². The minimum atomic E-state index is -1.98. The lowest BCUT2D eigenvalue weighted by atomic mass is 10.1. The zero-order chi connectivity index (χ0) is 16.1. The van der Waals surface area contributed by atoms with Gasteiger partial charge in [-0.15, -0.1) is 0 Å². The molecule has 0 aromatic heterocycles. The number of halogens is 1. The van der Waals surface area contributed by atoms with Crippen molar-refractivity contribution in [2.24, 2.45) is 0 Å². The van der Waals surface area contributed by atoms with E-state index >= 15 is 0 Å². The van der Waals surface area contributed by atoms with Gasteiger partial charge in [-0.3, -0.25) is 19.8 Å². The predicted molar refractivity (Wildman–Crippen MR) is 73.3 cm³/mol. The first-order valence-corrected chi connectivity index (χ1v) is 7.63. The van der Waals surface area contributed by atoms with E-state index in [1.807, 2.05) is 5.32 Å². The van der Waals surface area contributed by atoms with Crippen molar-refractivity contribution < 1.29 is 28.2 Å². The van der Waals surface area contributed by atoms with Crippen LogP contribution in [0.5, 0.6) is 0 Å². The topological polar surface area (TPSA) is 84.9 Å². The van der Waals surface area contributed by atoms with E-state index < -0.39 is 36.5 Å². The first kappa shape index (κ1) is 16.7. The number of fused-ring (bicyclic) bond motifs is 1. The Morgan fingerprint density at radius 1 is 1.36 bits per heavy atom. The van der Waals surface area contributed by atoms with Crippen LogP contribution in [0.3, 0.4) is 0 Å². The summed E-state index contributed by atoms with van der Waals surface area (Å²) >= 11 is 0. The molecular weight excluding hydrogens is 295 g/mol. The van der Waals surface area contributed by atoms with Gasteiger partial charge in [-0.2, -0.15) is 0 Å². The quantitative estimate of drug-likeness (QED) is 0.568. The number of nitrogens with one attached hydrogen (secondary N) is 1. The molecular formula is C14H21FN2O5. The van der Waals surface area contributed by atoms with Gasteiger partial charge in [-0.25, -0.2) is 9.18 Å². The van der Waals surface area contributed by atoms with Crippen molar-refractivity contribution in [2.75, 3.05) is 6.61 Å². The van der Waals surface area contributed by atoms with Crippen LogP contribution < -0.4 is 5.32 Å². The number of esters is 1. The lowest BCUT2D eigenvalue weighted by Crippen LogP contribution is -2.61. The highest BCUT2D eigenvalue weighted by Crippen LogP contribution is 2.26. The summed E-state index contributed by atoms with van der Waals surface area (Å²) in [4.78, 5) is 35.6. The molecule has 0 spiro atoms. The second-order valence-corrected chi connectivity index (χ2v) is 5.44. The van der Waals surface area contributed by atoms with Gasteiger partial charge < -0.3 is 9.47 Å². The average molecular weight is 316 g/mol. The summed E-state index contributed by atoms with van der Waals surface area (Å²) in [7, 11) is 0. The van der Waals surface area contributed by atoms with Crippen LogP contribution in [0.1, 0.15) is 45.4 Å². The van der Waals surface area contributed by atoms with Crippen molar-refractivity contribution >= 4 is 17.9 Å². The van der Waals surface area contributed by atoms with Gasteiger partial charge in [0.1, 0.15) is 6.61 Å². The van der Waals surface area contributed by atoms with E-state index in [-0.39, 0.29) is 13.0 Å². The Labute approximate surface area is 128 Å². The summed E-state index contributed by atoms with van der Waals surface area (Å²) in [5, 5.41) is 1.87.